The molecule has 0 radical (unpaired) electrons. The lowest BCUT2D eigenvalue weighted by molar-refractivity contribution is 0.171. The molecule has 0 spiro atoms. The van der Waals surface area contributed by atoms with Crippen molar-refractivity contribution in [2.45, 2.75) is 11.8 Å². The second-order valence-electron chi connectivity index (χ2n) is 4.89. The molecule has 0 bridgehead atoms. The van der Waals surface area contributed by atoms with Crippen LogP contribution in [-0.4, -0.2) is 13.2 Å². The van der Waals surface area contributed by atoms with E-state index in [4.69, 9.17) is 21.1 Å². The number of alkyl halides is 1. The van der Waals surface area contributed by atoms with Crippen LogP contribution in [0.2, 0.25) is 5.02 Å². The monoisotopic (exact) mass is 430 g/mol. The largest absolute Gasteiger partial charge is 0.486 e. The summed E-state index contributed by atoms with van der Waals surface area (Å²) in [5.41, 5.74) is 3.30. The van der Waals surface area contributed by atoms with Gasteiger partial charge in [0.1, 0.15) is 13.2 Å². The minimum atomic E-state index is -0.00211. The van der Waals surface area contributed by atoms with Gasteiger partial charge in [0.2, 0.25) is 0 Å². The third-order valence-corrected chi connectivity index (χ3v) is 5.63. The third-order valence-electron chi connectivity index (χ3n) is 3.42. The van der Waals surface area contributed by atoms with E-state index >= 15 is 0 Å². The van der Waals surface area contributed by atoms with Crippen molar-refractivity contribution in [2.75, 3.05) is 13.2 Å². The zero-order valence-electron chi connectivity index (χ0n) is 11.3. The maximum absolute atomic E-state index is 6.40. The predicted octanol–water partition coefficient (Wildman–Crippen LogP) is 5.67. The fourth-order valence-corrected chi connectivity index (χ4v) is 3.67. The third kappa shape index (κ3) is 3.08. The van der Waals surface area contributed by atoms with Crippen LogP contribution in [0.1, 0.15) is 21.5 Å². The highest BCUT2D eigenvalue weighted by atomic mass is 79.9. The number of halogens is 3. The smallest absolute Gasteiger partial charge is 0.162 e. The Kier molecular flexibility index (Phi) is 4.48. The first kappa shape index (κ1) is 15.2. The average molecular weight is 433 g/mol. The average Bonchev–Trinajstić information content (AvgIpc) is 2.48. The Morgan fingerprint density at radius 2 is 1.76 bits per heavy atom. The molecule has 1 atom stereocenters. The van der Waals surface area contributed by atoms with Crippen LogP contribution in [0.15, 0.2) is 34.8 Å². The zero-order chi connectivity index (χ0) is 15.0. The van der Waals surface area contributed by atoms with Gasteiger partial charge < -0.3 is 9.47 Å². The van der Waals surface area contributed by atoms with E-state index in [-0.39, 0.29) is 4.83 Å². The Balaban J connectivity index is 2.00. The Morgan fingerprint density at radius 1 is 1.10 bits per heavy atom. The number of benzene rings is 2. The van der Waals surface area contributed by atoms with Gasteiger partial charge in [-0.25, -0.2) is 0 Å². The van der Waals surface area contributed by atoms with E-state index in [0.717, 1.165) is 21.3 Å². The molecule has 2 nitrogen and oxygen atoms in total. The van der Waals surface area contributed by atoms with Gasteiger partial charge in [-0.1, -0.05) is 55.6 Å². The summed E-state index contributed by atoms with van der Waals surface area (Å²) in [5.74, 6) is 1.45. The first-order valence-corrected chi connectivity index (χ1v) is 8.64. The Labute approximate surface area is 145 Å². The lowest BCUT2D eigenvalue weighted by Gasteiger charge is -2.21. The van der Waals surface area contributed by atoms with Crippen LogP contribution in [-0.2, 0) is 0 Å². The van der Waals surface area contributed by atoms with Gasteiger partial charge in [-0.05, 0) is 35.7 Å². The molecule has 21 heavy (non-hydrogen) atoms. The van der Waals surface area contributed by atoms with Crippen molar-refractivity contribution in [1.82, 2.24) is 0 Å². The van der Waals surface area contributed by atoms with Crippen LogP contribution in [0, 0.1) is 6.92 Å². The molecule has 0 fully saturated rings. The van der Waals surface area contributed by atoms with Gasteiger partial charge >= 0.3 is 0 Å². The summed E-state index contributed by atoms with van der Waals surface area (Å²) in [7, 11) is 0. The molecular weight excluding hydrogens is 419 g/mol. The van der Waals surface area contributed by atoms with E-state index in [0.29, 0.717) is 24.0 Å². The molecule has 0 saturated carbocycles. The zero-order valence-corrected chi connectivity index (χ0v) is 15.3. The lowest BCUT2D eigenvalue weighted by atomic mass is 10.0. The molecule has 2 aromatic carbocycles. The van der Waals surface area contributed by atoms with Crippen LogP contribution < -0.4 is 9.47 Å². The van der Waals surface area contributed by atoms with Gasteiger partial charge in [-0.3, -0.25) is 0 Å². The maximum Gasteiger partial charge on any atom is 0.162 e. The molecule has 0 aromatic heterocycles. The summed E-state index contributed by atoms with van der Waals surface area (Å²) < 4.78 is 12.3. The van der Waals surface area contributed by atoms with Crippen LogP contribution in [0.5, 0.6) is 11.5 Å². The van der Waals surface area contributed by atoms with Crippen molar-refractivity contribution < 1.29 is 9.47 Å². The lowest BCUT2D eigenvalue weighted by Crippen LogP contribution is -2.15. The Bertz CT molecular complexity index is 688. The van der Waals surface area contributed by atoms with Crippen molar-refractivity contribution in [1.29, 1.82) is 0 Å². The van der Waals surface area contributed by atoms with Crippen molar-refractivity contribution in [3.05, 3.63) is 56.5 Å². The summed E-state index contributed by atoms with van der Waals surface area (Å²) in [6.07, 6.45) is 0. The van der Waals surface area contributed by atoms with E-state index in [9.17, 15) is 0 Å². The second kappa shape index (κ2) is 6.19. The molecule has 0 aliphatic carbocycles. The Morgan fingerprint density at radius 3 is 2.43 bits per heavy atom. The summed E-state index contributed by atoms with van der Waals surface area (Å²) in [6, 6.07) is 10.0. The minimum absolute atomic E-state index is 0.00211. The Hall–Kier alpha value is -0.710. The highest BCUT2D eigenvalue weighted by Crippen LogP contribution is 2.42. The van der Waals surface area contributed by atoms with E-state index in [1.165, 1.54) is 5.56 Å². The molecule has 110 valence electrons. The molecule has 0 amide bonds. The standard InChI is InChI=1S/C16H13Br2ClO2/c1-9-2-3-10(6-12(9)17)16(18)11-7-14-15(8-13(11)19)21-5-4-20-14/h2-3,6-8,16H,4-5H2,1H3. The van der Waals surface area contributed by atoms with Crippen molar-refractivity contribution in [3.8, 4) is 11.5 Å². The predicted molar refractivity (Wildman–Crippen MR) is 92.1 cm³/mol. The maximum atomic E-state index is 6.40. The van der Waals surface area contributed by atoms with Crippen LogP contribution >= 0.6 is 43.5 Å². The van der Waals surface area contributed by atoms with Crippen molar-refractivity contribution >= 4 is 43.5 Å². The number of ether oxygens (including phenoxy) is 2. The van der Waals surface area contributed by atoms with Gasteiger partial charge in [0.25, 0.3) is 0 Å². The van der Waals surface area contributed by atoms with Crippen LogP contribution in [0.3, 0.4) is 0 Å². The summed E-state index contributed by atoms with van der Waals surface area (Å²) in [5, 5.41) is 0.665. The van der Waals surface area contributed by atoms with Gasteiger partial charge in [0, 0.05) is 15.6 Å². The normalized spacial score (nSPS) is 14.9. The van der Waals surface area contributed by atoms with E-state index in [1.54, 1.807) is 0 Å². The number of aryl methyl sites for hydroxylation is 1. The molecule has 1 aliphatic rings. The fourth-order valence-electron chi connectivity index (χ4n) is 2.22. The number of fused-ring (bicyclic) bond motifs is 1. The van der Waals surface area contributed by atoms with Crippen molar-refractivity contribution in [2.24, 2.45) is 0 Å². The van der Waals surface area contributed by atoms with Crippen LogP contribution in [0.25, 0.3) is 0 Å². The summed E-state index contributed by atoms with van der Waals surface area (Å²) in [4.78, 5) is -0.00211. The molecule has 1 aliphatic heterocycles. The quantitative estimate of drug-likeness (QED) is 0.570. The van der Waals surface area contributed by atoms with Gasteiger partial charge in [-0.2, -0.15) is 0 Å². The summed E-state index contributed by atoms with van der Waals surface area (Å²) in [6.45, 7) is 3.19. The summed E-state index contributed by atoms with van der Waals surface area (Å²) >= 11 is 13.7. The van der Waals surface area contributed by atoms with Gasteiger partial charge in [0.05, 0.1) is 4.83 Å². The number of rotatable bonds is 2. The highest BCUT2D eigenvalue weighted by molar-refractivity contribution is 9.10. The molecular formula is C16H13Br2ClO2. The van der Waals surface area contributed by atoms with Crippen LogP contribution in [0.4, 0.5) is 0 Å². The molecule has 5 heteroatoms. The van der Waals surface area contributed by atoms with Crippen molar-refractivity contribution in [3.63, 3.8) is 0 Å². The molecule has 3 rings (SSSR count). The SMILES string of the molecule is Cc1ccc(C(Br)c2cc3c(cc2Cl)OCCO3)cc1Br. The highest BCUT2D eigenvalue weighted by Gasteiger charge is 2.20. The number of hydrogen-bond donors (Lipinski definition) is 0. The molecule has 1 unspecified atom stereocenters. The molecule has 1 heterocycles. The molecule has 2 aromatic rings. The minimum Gasteiger partial charge on any atom is -0.486 e. The topological polar surface area (TPSA) is 18.5 Å². The van der Waals surface area contributed by atoms with Gasteiger partial charge in [0.15, 0.2) is 11.5 Å². The van der Waals surface area contributed by atoms with E-state index in [1.807, 2.05) is 12.1 Å². The van der Waals surface area contributed by atoms with E-state index in [2.05, 4.69) is 57.0 Å². The molecule has 0 saturated heterocycles. The molecule has 0 N–H and O–H groups in total. The van der Waals surface area contributed by atoms with E-state index < -0.39 is 0 Å². The first-order chi connectivity index (χ1) is 10.1. The first-order valence-electron chi connectivity index (χ1n) is 6.55. The number of hydrogen-bond acceptors (Lipinski definition) is 2. The second-order valence-corrected chi connectivity index (χ2v) is 7.07. The fraction of sp³-hybridized carbons (Fsp3) is 0.250. The van der Waals surface area contributed by atoms with Gasteiger partial charge in [-0.15, -0.1) is 0 Å².